The van der Waals surface area contributed by atoms with Gasteiger partial charge in [-0.15, -0.1) is 0 Å². The quantitative estimate of drug-likeness (QED) is 0.677. The maximum Gasteiger partial charge on any atom is 0.0594 e. The lowest BCUT2D eigenvalue weighted by Crippen LogP contribution is -2.46. The molecule has 0 aromatic rings. The minimum Gasteiger partial charge on any atom is -0.379 e. The molecule has 84 valence electrons. The Morgan fingerprint density at radius 1 is 1.00 bits per heavy atom. The van der Waals surface area contributed by atoms with Gasteiger partial charge in [0, 0.05) is 19.6 Å². The first-order valence-corrected chi connectivity index (χ1v) is 5.63. The summed E-state index contributed by atoms with van der Waals surface area (Å²) in [6.07, 6.45) is 0. The second-order valence-corrected chi connectivity index (χ2v) is 6.02. The normalized spacial score (nSPS) is 21.2. The van der Waals surface area contributed by atoms with E-state index in [1.807, 2.05) is 0 Å². The van der Waals surface area contributed by atoms with E-state index in [2.05, 4.69) is 39.5 Å². The van der Waals surface area contributed by atoms with Crippen molar-refractivity contribution in [3.63, 3.8) is 0 Å². The zero-order valence-corrected chi connectivity index (χ0v) is 10.4. The Labute approximate surface area is 88.6 Å². The van der Waals surface area contributed by atoms with Crippen molar-refractivity contribution in [2.45, 2.75) is 34.6 Å². The van der Waals surface area contributed by atoms with Crippen LogP contribution in [-0.2, 0) is 4.74 Å². The van der Waals surface area contributed by atoms with Gasteiger partial charge in [0.05, 0.1) is 13.2 Å². The molecule has 1 fully saturated rings. The molecule has 0 aliphatic carbocycles. The van der Waals surface area contributed by atoms with E-state index in [-0.39, 0.29) is 0 Å². The maximum absolute atomic E-state index is 5.36. The van der Waals surface area contributed by atoms with Gasteiger partial charge in [-0.3, -0.25) is 4.90 Å². The van der Waals surface area contributed by atoms with Crippen LogP contribution in [0.3, 0.4) is 0 Å². The van der Waals surface area contributed by atoms with Crippen molar-refractivity contribution in [1.82, 2.24) is 4.90 Å². The van der Waals surface area contributed by atoms with E-state index >= 15 is 0 Å². The van der Waals surface area contributed by atoms with Gasteiger partial charge in [-0.25, -0.2) is 0 Å². The van der Waals surface area contributed by atoms with E-state index in [9.17, 15) is 0 Å². The fraction of sp³-hybridized carbons (Fsp3) is 1.00. The Morgan fingerprint density at radius 2 is 1.50 bits per heavy atom. The van der Waals surface area contributed by atoms with Crippen LogP contribution in [-0.4, -0.2) is 37.7 Å². The van der Waals surface area contributed by atoms with Gasteiger partial charge in [0.25, 0.3) is 0 Å². The van der Waals surface area contributed by atoms with Gasteiger partial charge in [0.1, 0.15) is 0 Å². The molecule has 0 amide bonds. The number of ether oxygens (including phenoxy) is 1. The fourth-order valence-electron chi connectivity index (χ4n) is 1.56. The molecule has 14 heavy (non-hydrogen) atoms. The first-order valence-electron chi connectivity index (χ1n) is 5.63. The van der Waals surface area contributed by atoms with E-state index in [0.29, 0.717) is 10.8 Å². The minimum absolute atomic E-state index is 0.365. The summed E-state index contributed by atoms with van der Waals surface area (Å²) < 4.78 is 5.36. The first-order chi connectivity index (χ1) is 6.33. The number of rotatable bonds is 2. The van der Waals surface area contributed by atoms with Gasteiger partial charge in [-0.2, -0.15) is 0 Å². The van der Waals surface area contributed by atoms with E-state index in [1.54, 1.807) is 0 Å². The lowest BCUT2D eigenvalue weighted by molar-refractivity contribution is -0.00227. The smallest absolute Gasteiger partial charge is 0.0594 e. The molecule has 0 spiro atoms. The zero-order chi connectivity index (χ0) is 10.8. The van der Waals surface area contributed by atoms with E-state index in [0.717, 1.165) is 26.3 Å². The molecular formula is C12H25NO. The van der Waals surface area contributed by atoms with Gasteiger partial charge in [-0.1, -0.05) is 34.6 Å². The molecular weight excluding hydrogens is 174 g/mol. The molecule has 0 N–H and O–H groups in total. The molecule has 0 atom stereocenters. The number of nitrogens with zero attached hydrogens (tertiary/aromatic N) is 1. The van der Waals surface area contributed by atoms with Crippen LogP contribution in [0.4, 0.5) is 0 Å². The third-order valence-corrected chi connectivity index (χ3v) is 3.75. The summed E-state index contributed by atoms with van der Waals surface area (Å²) >= 11 is 0. The summed E-state index contributed by atoms with van der Waals surface area (Å²) in [5, 5.41) is 0. The van der Waals surface area contributed by atoms with Crippen LogP contribution in [0.5, 0.6) is 0 Å². The third kappa shape index (κ3) is 2.96. The number of hydrogen-bond donors (Lipinski definition) is 0. The summed E-state index contributed by atoms with van der Waals surface area (Å²) in [6.45, 7) is 16.9. The summed E-state index contributed by atoms with van der Waals surface area (Å²) in [6, 6.07) is 0. The van der Waals surface area contributed by atoms with E-state index in [4.69, 9.17) is 4.74 Å². The van der Waals surface area contributed by atoms with Gasteiger partial charge in [0.2, 0.25) is 0 Å². The first kappa shape index (κ1) is 12.0. The zero-order valence-electron chi connectivity index (χ0n) is 10.4. The standard InChI is InChI=1S/C12H25NO/c1-11(2,3)12(4,5)10-13-6-8-14-9-7-13/h6-10H2,1-5H3. The fourth-order valence-corrected chi connectivity index (χ4v) is 1.56. The molecule has 1 rings (SSSR count). The molecule has 1 aliphatic rings. The highest BCUT2D eigenvalue weighted by Gasteiger charge is 2.34. The van der Waals surface area contributed by atoms with Crippen molar-refractivity contribution in [3.05, 3.63) is 0 Å². The summed E-state index contributed by atoms with van der Waals surface area (Å²) in [5.41, 5.74) is 0.732. The van der Waals surface area contributed by atoms with Gasteiger partial charge < -0.3 is 4.74 Å². The van der Waals surface area contributed by atoms with Crippen molar-refractivity contribution in [1.29, 1.82) is 0 Å². The van der Waals surface area contributed by atoms with Crippen LogP contribution < -0.4 is 0 Å². The summed E-state index contributed by atoms with van der Waals surface area (Å²) in [5.74, 6) is 0. The van der Waals surface area contributed by atoms with Gasteiger partial charge >= 0.3 is 0 Å². The van der Waals surface area contributed by atoms with Gasteiger partial charge in [0.15, 0.2) is 0 Å². The van der Waals surface area contributed by atoms with Gasteiger partial charge in [-0.05, 0) is 10.8 Å². The second-order valence-electron chi connectivity index (χ2n) is 6.02. The van der Waals surface area contributed by atoms with Crippen LogP contribution in [0, 0.1) is 10.8 Å². The number of hydrogen-bond acceptors (Lipinski definition) is 2. The van der Waals surface area contributed by atoms with Crippen molar-refractivity contribution in [2.24, 2.45) is 10.8 Å². The summed E-state index contributed by atoms with van der Waals surface area (Å²) in [7, 11) is 0. The topological polar surface area (TPSA) is 12.5 Å². The average molecular weight is 199 g/mol. The molecule has 0 aromatic heterocycles. The highest BCUT2D eigenvalue weighted by Crippen LogP contribution is 2.38. The predicted molar refractivity (Wildman–Crippen MR) is 60.5 cm³/mol. The molecule has 0 saturated carbocycles. The average Bonchev–Trinajstić information content (AvgIpc) is 2.03. The maximum atomic E-state index is 5.36. The Morgan fingerprint density at radius 3 is 1.93 bits per heavy atom. The van der Waals surface area contributed by atoms with Crippen LogP contribution in [0.25, 0.3) is 0 Å². The van der Waals surface area contributed by atoms with E-state index in [1.165, 1.54) is 6.54 Å². The molecule has 1 aliphatic heterocycles. The van der Waals surface area contributed by atoms with Crippen molar-refractivity contribution >= 4 is 0 Å². The Bertz CT molecular complexity index is 175. The highest BCUT2D eigenvalue weighted by atomic mass is 16.5. The molecule has 0 aromatic carbocycles. The van der Waals surface area contributed by atoms with Crippen LogP contribution in [0.2, 0.25) is 0 Å². The van der Waals surface area contributed by atoms with Crippen molar-refractivity contribution in [2.75, 3.05) is 32.8 Å². The Balaban J connectivity index is 2.49. The molecule has 1 saturated heterocycles. The van der Waals surface area contributed by atoms with Crippen LogP contribution in [0.1, 0.15) is 34.6 Å². The third-order valence-electron chi connectivity index (χ3n) is 3.75. The molecule has 0 unspecified atom stereocenters. The number of morpholine rings is 1. The van der Waals surface area contributed by atoms with Crippen LogP contribution in [0.15, 0.2) is 0 Å². The molecule has 0 radical (unpaired) electrons. The molecule has 2 nitrogen and oxygen atoms in total. The predicted octanol–water partition coefficient (Wildman–Crippen LogP) is 2.39. The second kappa shape index (κ2) is 4.19. The van der Waals surface area contributed by atoms with E-state index < -0.39 is 0 Å². The molecule has 1 heterocycles. The Hall–Kier alpha value is -0.0800. The Kier molecular flexibility index (Phi) is 3.59. The molecule has 0 bridgehead atoms. The minimum atomic E-state index is 0.365. The lowest BCUT2D eigenvalue weighted by Gasteiger charge is -2.43. The van der Waals surface area contributed by atoms with Crippen molar-refractivity contribution < 1.29 is 4.74 Å². The summed E-state index contributed by atoms with van der Waals surface area (Å²) in [4.78, 5) is 2.52. The highest BCUT2D eigenvalue weighted by molar-refractivity contribution is 4.85. The monoisotopic (exact) mass is 199 g/mol. The largest absolute Gasteiger partial charge is 0.379 e. The SMILES string of the molecule is CC(C)(C)C(C)(C)CN1CCOCC1. The molecule has 2 heteroatoms. The lowest BCUT2D eigenvalue weighted by atomic mass is 9.69. The van der Waals surface area contributed by atoms with Crippen molar-refractivity contribution in [3.8, 4) is 0 Å². The van der Waals surface area contributed by atoms with Crippen LogP contribution >= 0.6 is 0 Å².